The van der Waals surface area contributed by atoms with Crippen LogP contribution < -0.4 is 5.73 Å². The Bertz CT molecular complexity index is 1190. The van der Waals surface area contributed by atoms with Crippen molar-refractivity contribution in [1.29, 1.82) is 10.5 Å². The van der Waals surface area contributed by atoms with Gasteiger partial charge in [-0.15, -0.1) is 0 Å². The van der Waals surface area contributed by atoms with Crippen LogP contribution in [0.25, 0.3) is 23.0 Å². The molecular formula is C20H14F3N5O2. The van der Waals surface area contributed by atoms with Crippen LogP contribution in [0.1, 0.15) is 22.6 Å². The Labute approximate surface area is 168 Å². The lowest BCUT2D eigenvalue weighted by Crippen LogP contribution is -2.07. The van der Waals surface area contributed by atoms with Crippen LogP contribution >= 0.6 is 0 Å². The van der Waals surface area contributed by atoms with Gasteiger partial charge in [0.2, 0.25) is 0 Å². The Morgan fingerprint density at radius 3 is 2.67 bits per heavy atom. The number of halogens is 3. The highest BCUT2D eigenvalue weighted by Gasteiger charge is 2.30. The lowest BCUT2D eigenvalue weighted by atomic mass is 10.1. The van der Waals surface area contributed by atoms with Gasteiger partial charge in [-0.05, 0) is 24.3 Å². The molecule has 152 valence electrons. The van der Waals surface area contributed by atoms with E-state index in [9.17, 15) is 23.7 Å². The molecule has 2 heterocycles. The Morgan fingerprint density at radius 2 is 2.03 bits per heavy atom. The molecule has 3 aromatic rings. The molecule has 0 radical (unpaired) electrons. The summed E-state index contributed by atoms with van der Waals surface area (Å²) >= 11 is 0. The number of aliphatic hydroxyl groups excluding tert-OH is 1. The molecule has 10 heteroatoms. The number of allylic oxidation sites excluding steroid dienone is 1. The topological polar surface area (TPSA) is 125 Å². The van der Waals surface area contributed by atoms with Crippen molar-refractivity contribution >= 4 is 17.5 Å². The van der Waals surface area contributed by atoms with Crippen LogP contribution in [-0.4, -0.2) is 21.5 Å². The smallest absolute Gasteiger partial charge is 0.416 e. The molecule has 1 aromatic carbocycles. The highest BCUT2D eigenvalue weighted by molar-refractivity contribution is 5.90. The maximum Gasteiger partial charge on any atom is 0.416 e. The van der Waals surface area contributed by atoms with E-state index in [1.54, 1.807) is 0 Å². The minimum atomic E-state index is -4.49. The summed E-state index contributed by atoms with van der Waals surface area (Å²) in [6, 6.07) is 11.4. The molecule has 0 bridgehead atoms. The van der Waals surface area contributed by atoms with Crippen molar-refractivity contribution < 1.29 is 22.7 Å². The van der Waals surface area contributed by atoms with Gasteiger partial charge in [0.15, 0.2) is 0 Å². The van der Waals surface area contributed by atoms with E-state index in [-0.39, 0.29) is 52.9 Å². The zero-order chi connectivity index (χ0) is 21.9. The second-order valence-electron chi connectivity index (χ2n) is 6.12. The number of anilines is 1. The van der Waals surface area contributed by atoms with Gasteiger partial charge in [-0.25, -0.2) is 4.68 Å². The minimum absolute atomic E-state index is 0.00630. The van der Waals surface area contributed by atoms with Crippen molar-refractivity contribution in [3.05, 3.63) is 59.0 Å². The summed E-state index contributed by atoms with van der Waals surface area (Å²) < 4.78 is 45.5. The molecule has 3 N–H and O–H groups in total. The average Bonchev–Trinajstić information content (AvgIpc) is 3.30. The van der Waals surface area contributed by atoms with Crippen molar-refractivity contribution in [2.24, 2.45) is 0 Å². The van der Waals surface area contributed by atoms with Gasteiger partial charge in [-0.3, -0.25) is 0 Å². The van der Waals surface area contributed by atoms with Crippen LogP contribution in [0.15, 0.2) is 40.8 Å². The molecule has 7 nitrogen and oxygen atoms in total. The van der Waals surface area contributed by atoms with Crippen molar-refractivity contribution in [3.8, 4) is 23.5 Å². The van der Waals surface area contributed by atoms with E-state index < -0.39 is 11.7 Å². The summed E-state index contributed by atoms with van der Waals surface area (Å²) in [5.41, 5.74) is 5.20. The molecule has 2 aromatic heterocycles. The monoisotopic (exact) mass is 413 g/mol. The van der Waals surface area contributed by atoms with Crippen LogP contribution in [0.3, 0.4) is 0 Å². The van der Waals surface area contributed by atoms with E-state index in [1.165, 1.54) is 35.0 Å². The maximum absolute atomic E-state index is 12.9. The van der Waals surface area contributed by atoms with Crippen LogP contribution in [0.5, 0.6) is 0 Å². The molecule has 0 aliphatic carbocycles. The van der Waals surface area contributed by atoms with Gasteiger partial charge in [0, 0.05) is 11.6 Å². The van der Waals surface area contributed by atoms with E-state index >= 15 is 0 Å². The third-order valence-electron chi connectivity index (χ3n) is 4.18. The first kappa shape index (κ1) is 20.7. The fourth-order valence-corrected chi connectivity index (χ4v) is 2.77. The van der Waals surface area contributed by atoms with Crippen molar-refractivity contribution in [1.82, 2.24) is 9.78 Å². The van der Waals surface area contributed by atoms with Gasteiger partial charge >= 0.3 is 6.18 Å². The molecule has 0 saturated carbocycles. The standard InChI is InChI=1S/C20H14F3N5O2/c21-20(22,23)14-3-1-2-12(8-14)17-5-4-15(30-17)9-13(10-24)18-16(11-25)19(26)28(27-18)6-7-29/h1-5,8-9,29H,6-7,26H2/b13-9-. The molecule has 0 unspecified atom stereocenters. The number of nitrogens with zero attached hydrogens (tertiary/aromatic N) is 4. The Kier molecular flexibility index (Phi) is 5.63. The van der Waals surface area contributed by atoms with Gasteiger partial charge in [0.05, 0.1) is 24.3 Å². The molecular weight excluding hydrogens is 399 g/mol. The van der Waals surface area contributed by atoms with Crippen molar-refractivity contribution in [3.63, 3.8) is 0 Å². The number of hydrogen-bond donors (Lipinski definition) is 2. The maximum atomic E-state index is 12.9. The molecule has 0 aliphatic heterocycles. The quantitative estimate of drug-likeness (QED) is 0.615. The molecule has 0 atom stereocenters. The number of alkyl halides is 3. The summed E-state index contributed by atoms with van der Waals surface area (Å²) in [6.45, 7) is -0.222. The lowest BCUT2D eigenvalue weighted by Gasteiger charge is -2.07. The van der Waals surface area contributed by atoms with Crippen LogP contribution in [-0.2, 0) is 12.7 Å². The summed E-state index contributed by atoms with van der Waals surface area (Å²) in [6.07, 6.45) is -3.18. The highest BCUT2D eigenvalue weighted by atomic mass is 19.4. The summed E-state index contributed by atoms with van der Waals surface area (Å²) in [4.78, 5) is 0. The van der Waals surface area contributed by atoms with Gasteiger partial charge in [-0.2, -0.15) is 28.8 Å². The Hall–Kier alpha value is -4.02. The molecule has 0 fully saturated rings. The number of benzene rings is 1. The third kappa shape index (κ3) is 4.04. The van der Waals surface area contributed by atoms with E-state index in [0.29, 0.717) is 0 Å². The summed E-state index contributed by atoms with van der Waals surface area (Å²) in [7, 11) is 0. The van der Waals surface area contributed by atoms with E-state index in [1.807, 2.05) is 12.1 Å². The first-order chi connectivity index (χ1) is 14.3. The molecule has 3 rings (SSSR count). The first-order valence-electron chi connectivity index (χ1n) is 8.55. The van der Waals surface area contributed by atoms with Crippen molar-refractivity contribution in [2.45, 2.75) is 12.7 Å². The fraction of sp³-hybridized carbons (Fsp3) is 0.150. The molecule has 0 aliphatic rings. The van der Waals surface area contributed by atoms with E-state index in [2.05, 4.69) is 5.10 Å². The predicted octanol–water partition coefficient (Wildman–Crippen LogP) is 3.67. The molecule has 0 saturated heterocycles. The Balaban J connectivity index is 1.99. The number of nitriles is 2. The zero-order valence-corrected chi connectivity index (χ0v) is 15.3. The largest absolute Gasteiger partial charge is 0.457 e. The fourth-order valence-electron chi connectivity index (χ4n) is 2.77. The number of aromatic nitrogens is 2. The first-order valence-corrected chi connectivity index (χ1v) is 8.55. The number of hydrogen-bond acceptors (Lipinski definition) is 6. The third-order valence-corrected chi connectivity index (χ3v) is 4.18. The van der Waals surface area contributed by atoms with Crippen molar-refractivity contribution in [2.75, 3.05) is 12.3 Å². The van der Waals surface area contributed by atoms with Gasteiger partial charge < -0.3 is 15.3 Å². The predicted molar refractivity (Wildman–Crippen MR) is 101 cm³/mol. The number of aliphatic hydroxyl groups is 1. The van der Waals surface area contributed by atoms with Gasteiger partial charge in [-0.1, -0.05) is 12.1 Å². The average molecular weight is 413 g/mol. The van der Waals surface area contributed by atoms with Gasteiger partial charge in [0.25, 0.3) is 0 Å². The molecule has 30 heavy (non-hydrogen) atoms. The van der Waals surface area contributed by atoms with Crippen LogP contribution in [0.2, 0.25) is 0 Å². The number of nitrogen functional groups attached to an aromatic ring is 1. The van der Waals surface area contributed by atoms with Gasteiger partial charge in [0.1, 0.15) is 40.7 Å². The molecule has 0 amide bonds. The minimum Gasteiger partial charge on any atom is -0.457 e. The number of rotatable bonds is 5. The zero-order valence-electron chi connectivity index (χ0n) is 15.3. The normalized spacial score (nSPS) is 11.9. The summed E-state index contributed by atoms with van der Waals surface area (Å²) in [5.74, 6) is 0.361. The van der Waals surface area contributed by atoms with E-state index in [4.69, 9.17) is 15.3 Å². The summed E-state index contributed by atoms with van der Waals surface area (Å²) in [5, 5.41) is 32.0. The second kappa shape index (κ2) is 8.15. The molecule has 0 spiro atoms. The Morgan fingerprint density at radius 1 is 1.27 bits per heavy atom. The number of furan rings is 1. The number of nitrogens with two attached hydrogens (primary N) is 1. The van der Waals surface area contributed by atoms with Crippen LogP contribution in [0, 0.1) is 22.7 Å². The highest BCUT2D eigenvalue weighted by Crippen LogP contribution is 2.33. The SMILES string of the molecule is N#C/C(=C/c1ccc(-c2cccc(C(F)(F)F)c2)o1)c1nn(CCO)c(N)c1C#N. The second-order valence-corrected chi connectivity index (χ2v) is 6.12. The van der Waals surface area contributed by atoms with E-state index in [0.717, 1.165) is 12.1 Å². The lowest BCUT2D eigenvalue weighted by molar-refractivity contribution is -0.137. The van der Waals surface area contributed by atoms with Crippen LogP contribution in [0.4, 0.5) is 19.0 Å².